The first-order chi connectivity index (χ1) is 19.7. The number of nitrogens with one attached hydrogen (secondary N) is 2. The van der Waals surface area contributed by atoms with Gasteiger partial charge in [-0.25, -0.2) is 0 Å². The number of carboxylic acid groups (broad SMARTS) is 1. The van der Waals surface area contributed by atoms with Crippen molar-refractivity contribution in [3.8, 4) is 0 Å². The minimum Gasteiger partial charge on any atom is -0.679 e. The molecule has 241 valence electrons. The number of Topliss-reactive ketones (excluding diaryl/α,β-unsaturated/α-hetero) is 1. The Balaban J connectivity index is -0.000000926. The van der Waals surface area contributed by atoms with Crippen molar-refractivity contribution in [2.45, 2.75) is 31.9 Å². The van der Waals surface area contributed by atoms with Gasteiger partial charge in [-0.3, -0.25) is 9.78 Å². The van der Waals surface area contributed by atoms with Crippen LogP contribution in [0.15, 0.2) is 29.6 Å². The maximum Gasteiger partial charge on any atom is 0.133 e. The normalized spacial score (nSPS) is 10.0. The number of rotatable bonds is 20. The largest absolute Gasteiger partial charge is 0.679 e. The van der Waals surface area contributed by atoms with E-state index in [1.54, 1.807) is 12.4 Å². The van der Waals surface area contributed by atoms with Crippen LogP contribution < -0.4 is 5.11 Å². The van der Waals surface area contributed by atoms with Crippen LogP contribution in [0.2, 0.25) is 0 Å². The molecule has 2 N–H and O–H groups in total. The number of carbonyl (C=O) groups excluding carboxylic acids is 2. The average Bonchev–Trinajstić information content (AvgIpc) is 2.97. The van der Waals surface area contributed by atoms with Crippen LogP contribution in [-0.4, -0.2) is 95.4 Å². The Morgan fingerprint density at radius 3 is 1.78 bits per heavy atom. The summed E-state index contributed by atoms with van der Waals surface area (Å²) in [5.41, 5.74) is 21.8. The minimum absolute atomic E-state index is 0.236. The Morgan fingerprint density at radius 2 is 1.37 bits per heavy atom. The Labute approximate surface area is 259 Å². The first-order valence-corrected chi connectivity index (χ1v) is 18.5. The Bertz CT molecular complexity index is 782. The summed E-state index contributed by atoms with van der Waals surface area (Å²) in [6, 6.07) is 3.87. The van der Waals surface area contributed by atoms with Crippen LogP contribution >= 0.6 is 19.4 Å². The van der Waals surface area contributed by atoms with Crippen LogP contribution in [-0.2, 0) is 51.1 Å². The van der Waals surface area contributed by atoms with Gasteiger partial charge in [0.2, 0.25) is 0 Å². The number of nitrogens with zero attached hydrogens (tertiary/aromatic N) is 4. The number of carboxylic acids is 1. The molecule has 0 spiro atoms. The SMILES string of the molecule is O=C([O-])C(F)(F)F.[I][Pt].[N-]=[N+]=NCCOCCOCCOCCOCCCC(=O)CCc1ccncc1.[NH-]CC[NH-]. The number of alkyl halides is 3. The van der Waals surface area contributed by atoms with Crippen LogP contribution in [0, 0.1) is 0 Å². The van der Waals surface area contributed by atoms with Gasteiger partial charge in [-0.05, 0) is 36.1 Å². The second kappa shape index (κ2) is 34.8. The van der Waals surface area contributed by atoms with Crippen molar-refractivity contribution in [1.29, 1.82) is 0 Å². The molecule has 0 aliphatic carbocycles. The number of carbonyl (C=O) groups is 2. The molecule has 0 radical (unpaired) electrons. The molecular formula is C23H36F3IN6O7Pt-3. The van der Waals surface area contributed by atoms with E-state index in [-0.39, 0.29) is 18.9 Å². The van der Waals surface area contributed by atoms with E-state index in [0.717, 1.165) is 18.4 Å². The van der Waals surface area contributed by atoms with Crippen molar-refractivity contribution in [3.05, 3.63) is 52.0 Å². The van der Waals surface area contributed by atoms with Gasteiger partial charge in [-0.15, -0.1) is 0 Å². The van der Waals surface area contributed by atoms with Crippen molar-refractivity contribution in [1.82, 2.24) is 4.98 Å². The number of ether oxygens (including phenoxy) is 4. The summed E-state index contributed by atoms with van der Waals surface area (Å²) in [6.07, 6.45) is 0.897. The van der Waals surface area contributed by atoms with Gasteiger partial charge in [0.15, 0.2) is 0 Å². The molecule has 41 heavy (non-hydrogen) atoms. The number of aromatic nitrogens is 1. The molecule has 1 rings (SSSR count). The van der Waals surface area contributed by atoms with Crippen molar-refractivity contribution in [3.63, 3.8) is 0 Å². The Morgan fingerprint density at radius 1 is 0.927 bits per heavy atom. The smallest absolute Gasteiger partial charge is 0.133 e. The number of halogens is 4. The second-order valence-corrected chi connectivity index (χ2v) is 7.19. The zero-order chi connectivity index (χ0) is 31.6. The molecule has 0 unspecified atom stereocenters. The molecule has 1 heterocycles. The van der Waals surface area contributed by atoms with Crippen LogP contribution in [0.4, 0.5) is 13.2 Å². The van der Waals surface area contributed by atoms with E-state index >= 15 is 0 Å². The van der Waals surface area contributed by atoms with Gasteiger partial charge in [-0.1, -0.05) is 5.11 Å². The molecule has 0 aliphatic heterocycles. The molecule has 0 fully saturated rings. The number of aliphatic carboxylic acids is 1. The number of hydrogen-bond acceptors (Lipinski definition) is 9. The van der Waals surface area contributed by atoms with E-state index in [9.17, 15) is 18.0 Å². The van der Waals surface area contributed by atoms with E-state index in [1.807, 2.05) is 12.1 Å². The maximum absolute atomic E-state index is 11.8. The minimum atomic E-state index is -5.19. The van der Waals surface area contributed by atoms with Crippen molar-refractivity contribution < 1.29 is 62.9 Å². The van der Waals surface area contributed by atoms with Crippen LogP contribution in [0.1, 0.15) is 24.8 Å². The molecule has 18 heteroatoms. The molecule has 0 bridgehead atoms. The zero-order valence-corrected chi connectivity index (χ0v) is 26.8. The summed E-state index contributed by atoms with van der Waals surface area (Å²) < 4.78 is 52.9. The summed E-state index contributed by atoms with van der Waals surface area (Å²) in [4.78, 5) is 27.2. The molecule has 1 aromatic heterocycles. The van der Waals surface area contributed by atoms with Gasteiger partial charge in [0, 0.05) is 43.3 Å². The summed E-state index contributed by atoms with van der Waals surface area (Å²) in [5, 5.41) is 12.1. The Kier molecular flexibility index (Phi) is 37.3. The first kappa shape index (κ1) is 44.0. The molecule has 1 aromatic rings. The molecule has 0 saturated heterocycles. The quantitative estimate of drug-likeness (QED) is 0.0614. The van der Waals surface area contributed by atoms with E-state index in [0.29, 0.717) is 72.2 Å². The predicted molar refractivity (Wildman–Crippen MR) is 148 cm³/mol. The summed E-state index contributed by atoms with van der Waals surface area (Å²) in [7, 11) is 0. The third-order valence-corrected chi connectivity index (χ3v) is 4.06. The number of ketones is 1. The molecule has 0 aromatic carbocycles. The topological polar surface area (TPSA) is 203 Å². The fourth-order valence-electron chi connectivity index (χ4n) is 2.24. The first-order valence-electron chi connectivity index (χ1n) is 12.1. The van der Waals surface area contributed by atoms with Gasteiger partial charge in [0.05, 0.1) is 46.2 Å². The van der Waals surface area contributed by atoms with E-state index < -0.39 is 12.1 Å². The Hall–Kier alpha value is -1.43. The molecular weight excluding hydrogens is 851 g/mol. The third kappa shape index (κ3) is 38.6. The van der Waals surface area contributed by atoms with Gasteiger partial charge in [0.25, 0.3) is 0 Å². The van der Waals surface area contributed by atoms with Gasteiger partial charge in [-0.2, -0.15) is 26.3 Å². The van der Waals surface area contributed by atoms with Crippen LogP contribution in [0.3, 0.4) is 0 Å². The summed E-state index contributed by atoms with van der Waals surface area (Å²) in [6.45, 7) is 4.71. The predicted octanol–water partition coefficient (Wildman–Crippen LogP) is 4.01. The number of pyridine rings is 1. The van der Waals surface area contributed by atoms with Crippen LogP contribution in [0.25, 0.3) is 21.9 Å². The van der Waals surface area contributed by atoms with Crippen molar-refractivity contribution in [2.75, 3.05) is 72.5 Å². The molecule has 0 atom stereocenters. The summed E-state index contributed by atoms with van der Waals surface area (Å²) in [5.74, 6) is -2.75. The van der Waals surface area contributed by atoms with Gasteiger partial charge in [0.1, 0.15) is 11.8 Å². The third-order valence-electron chi connectivity index (χ3n) is 4.06. The van der Waals surface area contributed by atoms with Crippen molar-refractivity contribution >= 4 is 31.1 Å². The maximum atomic E-state index is 11.8. The second-order valence-electron chi connectivity index (χ2n) is 7.19. The summed E-state index contributed by atoms with van der Waals surface area (Å²) >= 11 is 4.23. The molecule has 0 aliphatic rings. The average molecular weight is 888 g/mol. The fraction of sp³-hybridized carbons (Fsp3) is 0.696. The van der Waals surface area contributed by atoms with Gasteiger partial charge < -0.3 is 40.3 Å². The zero-order valence-electron chi connectivity index (χ0n) is 22.4. The number of hydrogen-bond donors (Lipinski definition) is 0. The standard InChI is InChI=1S/C19H30N4O5.C2HF3O2.C2H6N2.HI.Pt/c20-23-22-9-11-26-13-15-28-17-16-27-14-12-25-10-1-2-19(24)4-3-18-5-7-21-8-6-18;3-2(4,5)1(6)7;3-1-2-4;;/h5-8H,1-4,9-17H2;(H,6,7);3-4H,1-2H2;1H;/q;;-2;;+1/p-2. The van der Waals surface area contributed by atoms with Crippen molar-refractivity contribution in [2.24, 2.45) is 5.11 Å². The van der Waals surface area contributed by atoms with E-state index in [1.165, 1.54) is 0 Å². The fourth-order valence-corrected chi connectivity index (χ4v) is 2.24. The van der Waals surface area contributed by atoms with Gasteiger partial charge >= 0.3 is 41.7 Å². The van der Waals surface area contributed by atoms with Crippen LogP contribution in [0.5, 0.6) is 0 Å². The van der Waals surface area contributed by atoms with E-state index in [4.69, 9.17) is 45.8 Å². The number of aryl methyl sites for hydroxylation is 1. The van der Waals surface area contributed by atoms with E-state index in [2.05, 4.69) is 50.5 Å². The number of azide groups is 1. The molecule has 0 saturated carbocycles. The monoisotopic (exact) mass is 887 g/mol. The molecule has 0 amide bonds. The molecule has 13 nitrogen and oxygen atoms in total.